The number of hydrogen-bond acceptors (Lipinski definition) is 4. The Hall–Kier alpha value is -2.68. The first-order valence-corrected chi connectivity index (χ1v) is 7.91. The van der Waals surface area contributed by atoms with Gasteiger partial charge in [0.15, 0.2) is 5.65 Å². The Balaban J connectivity index is 1.72. The van der Waals surface area contributed by atoms with E-state index in [1.807, 2.05) is 0 Å². The van der Waals surface area contributed by atoms with E-state index in [1.165, 1.54) is 16.9 Å². The third kappa shape index (κ3) is 2.78. The van der Waals surface area contributed by atoms with Crippen molar-refractivity contribution in [1.29, 1.82) is 0 Å². The summed E-state index contributed by atoms with van der Waals surface area (Å²) in [5.74, 6) is -0.418. The molecule has 1 aromatic carbocycles. The van der Waals surface area contributed by atoms with Crippen LogP contribution in [0.4, 0.5) is 23.4 Å². The number of aromatic nitrogens is 3. The van der Waals surface area contributed by atoms with Crippen LogP contribution >= 0.6 is 0 Å². The van der Waals surface area contributed by atoms with E-state index in [0.29, 0.717) is 35.9 Å². The Morgan fingerprint density at radius 3 is 2.58 bits per heavy atom. The maximum atomic E-state index is 14.4. The second kappa shape index (κ2) is 5.66. The molecule has 1 aliphatic carbocycles. The Bertz CT molecular complexity index is 979. The molecule has 0 bridgehead atoms. The van der Waals surface area contributed by atoms with E-state index in [0.717, 1.165) is 6.07 Å². The molecule has 136 valence electrons. The van der Waals surface area contributed by atoms with Crippen LogP contribution in [0, 0.1) is 5.82 Å². The predicted octanol–water partition coefficient (Wildman–Crippen LogP) is 3.48. The molecular weight excluding hydrogens is 352 g/mol. The van der Waals surface area contributed by atoms with Crippen molar-refractivity contribution in [1.82, 2.24) is 14.6 Å². The first-order chi connectivity index (χ1) is 12.3. The van der Waals surface area contributed by atoms with Crippen molar-refractivity contribution in [3.05, 3.63) is 59.2 Å². The molecule has 0 atom stereocenters. The van der Waals surface area contributed by atoms with Crippen LogP contribution in [0.2, 0.25) is 0 Å². The standard InChI is InChI=1S/C17H14F4N4O/c18-13-7-11(17(19,20)21)1-2-12(13)16(3-4-16)24-15-6-10(8-26)5-14-22-9-23-25(14)15/h1-2,5-7,9,24,26H,3-4,8H2. The summed E-state index contributed by atoms with van der Waals surface area (Å²) >= 11 is 0. The molecule has 5 nitrogen and oxygen atoms in total. The topological polar surface area (TPSA) is 62.5 Å². The number of pyridine rings is 1. The number of nitrogens with zero attached hydrogens (tertiary/aromatic N) is 3. The SMILES string of the molecule is OCc1cc(NC2(c3ccc(C(F)(F)F)cc3F)CC2)n2ncnc2c1. The molecule has 0 spiro atoms. The summed E-state index contributed by atoms with van der Waals surface area (Å²) in [6, 6.07) is 5.90. The summed E-state index contributed by atoms with van der Waals surface area (Å²) in [7, 11) is 0. The van der Waals surface area contributed by atoms with Crippen molar-refractivity contribution in [2.45, 2.75) is 31.2 Å². The molecule has 2 N–H and O–H groups in total. The van der Waals surface area contributed by atoms with Crippen LogP contribution in [0.15, 0.2) is 36.7 Å². The summed E-state index contributed by atoms with van der Waals surface area (Å²) in [5.41, 5.74) is -0.552. The van der Waals surface area contributed by atoms with E-state index < -0.39 is 23.1 Å². The first-order valence-electron chi connectivity index (χ1n) is 7.91. The van der Waals surface area contributed by atoms with Gasteiger partial charge in [0.25, 0.3) is 0 Å². The molecule has 4 rings (SSSR count). The number of aliphatic hydroxyl groups excluding tert-OH is 1. The Morgan fingerprint density at radius 1 is 1.19 bits per heavy atom. The highest BCUT2D eigenvalue weighted by Crippen LogP contribution is 2.49. The van der Waals surface area contributed by atoms with Gasteiger partial charge in [-0.1, -0.05) is 6.07 Å². The van der Waals surface area contributed by atoms with Gasteiger partial charge in [0.05, 0.1) is 17.7 Å². The largest absolute Gasteiger partial charge is 0.416 e. The zero-order valence-electron chi connectivity index (χ0n) is 13.4. The Kier molecular flexibility index (Phi) is 3.65. The highest BCUT2D eigenvalue weighted by Gasteiger charge is 2.47. The predicted molar refractivity (Wildman–Crippen MR) is 84.8 cm³/mol. The zero-order chi connectivity index (χ0) is 18.5. The van der Waals surface area contributed by atoms with E-state index >= 15 is 0 Å². The molecule has 3 aromatic rings. The van der Waals surface area contributed by atoms with Gasteiger partial charge in [0.1, 0.15) is 18.0 Å². The lowest BCUT2D eigenvalue weighted by molar-refractivity contribution is -0.137. The molecule has 1 aliphatic rings. The van der Waals surface area contributed by atoms with Gasteiger partial charge < -0.3 is 10.4 Å². The van der Waals surface area contributed by atoms with Crippen LogP contribution in [0.1, 0.15) is 29.5 Å². The number of anilines is 1. The molecule has 1 saturated carbocycles. The minimum atomic E-state index is -4.59. The summed E-state index contributed by atoms with van der Waals surface area (Å²) in [4.78, 5) is 4.07. The van der Waals surface area contributed by atoms with E-state index in [4.69, 9.17) is 0 Å². The van der Waals surface area contributed by atoms with Gasteiger partial charge in [0.2, 0.25) is 0 Å². The molecular formula is C17H14F4N4O. The van der Waals surface area contributed by atoms with Gasteiger partial charge in [-0.3, -0.25) is 0 Å². The van der Waals surface area contributed by atoms with Crippen molar-refractivity contribution in [3.8, 4) is 0 Å². The average Bonchev–Trinajstić information content (AvgIpc) is 3.19. The van der Waals surface area contributed by atoms with Crippen molar-refractivity contribution in [2.75, 3.05) is 5.32 Å². The highest BCUT2D eigenvalue weighted by molar-refractivity contribution is 5.55. The molecule has 9 heteroatoms. The third-order valence-corrected chi connectivity index (χ3v) is 4.55. The van der Waals surface area contributed by atoms with E-state index in [1.54, 1.807) is 12.1 Å². The molecule has 0 amide bonds. The van der Waals surface area contributed by atoms with Gasteiger partial charge in [-0.05, 0) is 42.7 Å². The molecule has 2 aromatic heterocycles. The molecule has 26 heavy (non-hydrogen) atoms. The number of halogens is 4. The minimum absolute atomic E-state index is 0.174. The number of hydrogen-bond donors (Lipinski definition) is 2. The van der Waals surface area contributed by atoms with Gasteiger partial charge in [-0.25, -0.2) is 9.37 Å². The summed E-state index contributed by atoms with van der Waals surface area (Å²) in [6.07, 6.45) is -2.12. The Morgan fingerprint density at radius 2 is 1.96 bits per heavy atom. The van der Waals surface area contributed by atoms with Crippen molar-refractivity contribution in [3.63, 3.8) is 0 Å². The fourth-order valence-corrected chi connectivity index (χ4v) is 3.07. The van der Waals surface area contributed by atoms with Crippen LogP contribution in [0.5, 0.6) is 0 Å². The summed E-state index contributed by atoms with van der Waals surface area (Å²) < 4.78 is 54.2. The number of alkyl halides is 3. The third-order valence-electron chi connectivity index (χ3n) is 4.55. The lowest BCUT2D eigenvalue weighted by Gasteiger charge is -2.21. The summed E-state index contributed by atoms with van der Waals surface area (Å²) in [6.45, 7) is -0.209. The van der Waals surface area contributed by atoms with Gasteiger partial charge in [-0.2, -0.15) is 22.8 Å². The Labute approximate surface area is 145 Å². The normalized spacial score (nSPS) is 16.0. The second-order valence-corrected chi connectivity index (χ2v) is 6.34. The maximum absolute atomic E-state index is 14.4. The van der Waals surface area contributed by atoms with Crippen LogP contribution in [-0.4, -0.2) is 19.7 Å². The molecule has 0 unspecified atom stereocenters. The van der Waals surface area contributed by atoms with Crippen molar-refractivity contribution in [2.24, 2.45) is 0 Å². The molecule has 2 heterocycles. The fraction of sp³-hybridized carbons (Fsp3) is 0.294. The van der Waals surface area contributed by atoms with E-state index in [2.05, 4.69) is 15.4 Å². The monoisotopic (exact) mass is 366 g/mol. The lowest BCUT2D eigenvalue weighted by atomic mass is 10.0. The van der Waals surface area contributed by atoms with Crippen LogP contribution < -0.4 is 5.32 Å². The molecule has 0 aliphatic heterocycles. The zero-order valence-corrected chi connectivity index (χ0v) is 13.4. The van der Waals surface area contributed by atoms with Crippen LogP contribution in [0.25, 0.3) is 5.65 Å². The second-order valence-electron chi connectivity index (χ2n) is 6.34. The van der Waals surface area contributed by atoms with Crippen LogP contribution in [0.3, 0.4) is 0 Å². The average molecular weight is 366 g/mol. The van der Waals surface area contributed by atoms with E-state index in [9.17, 15) is 22.7 Å². The van der Waals surface area contributed by atoms with Gasteiger partial charge >= 0.3 is 6.18 Å². The van der Waals surface area contributed by atoms with Crippen molar-refractivity contribution >= 4 is 11.5 Å². The lowest BCUT2D eigenvalue weighted by Crippen LogP contribution is -2.23. The fourth-order valence-electron chi connectivity index (χ4n) is 3.07. The van der Waals surface area contributed by atoms with E-state index in [-0.39, 0.29) is 12.2 Å². The smallest absolute Gasteiger partial charge is 0.392 e. The van der Waals surface area contributed by atoms with Crippen LogP contribution in [-0.2, 0) is 18.3 Å². The molecule has 0 radical (unpaired) electrons. The number of fused-ring (bicyclic) bond motifs is 1. The first kappa shape index (κ1) is 16.8. The van der Waals surface area contributed by atoms with Crippen molar-refractivity contribution < 1.29 is 22.7 Å². The molecule has 0 saturated heterocycles. The number of rotatable bonds is 4. The molecule has 1 fully saturated rings. The number of benzene rings is 1. The highest BCUT2D eigenvalue weighted by atomic mass is 19.4. The maximum Gasteiger partial charge on any atom is 0.416 e. The van der Waals surface area contributed by atoms with Gasteiger partial charge in [-0.15, -0.1) is 0 Å². The summed E-state index contributed by atoms with van der Waals surface area (Å²) in [5, 5.41) is 16.7. The number of nitrogens with one attached hydrogen (secondary N) is 1. The van der Waals surface area contributed by atoms with Gasteiger partial charge in [0, 0.05) is 5.56 Å². The minimum Gasteiger partial charge on any atom is -0.392 e. The number of aliphatic hydroxyl groups is 1. The quantitative estimate of drug-likeness (QED) is 0.694.